The molecule has 0 fully saturated rings. The highest BCUT2D eigenvalue weighted by atomic mass is 32.2. The molecule has 7 heteroatoms. The average Bonchev–Trinajstić information content (AvgIpc) is 2.38. The zero-order chi connectivity index (χ0) is 14.3. The number of methoxy groups -OCH3 is 1. The Kier molecular flexibility index (Phi) is 6.20. The van der Waals surface area contributed by atoms with Gasteiger partial charge in [-0.25, -0.2) is 13.1 Å². The van der Waals surface area contributed by atoms with Gasteiger partial charge in [-0.1, -0.05) is 6.08 Å². The van der Waals surface area contributed by atoms with E-state index in [9.17, 15) is 8.42 Å². The van der Waals surface area contributed by atoms with Crippen LogP contribution in [-0.4, -0.2) is 33.6 Å². The van der Waals surface area contributed by atoms with Crippen molar-refractivity contribution in [1.29, 1.82) is 0 Å². The molecular formula is C12H18N2O3S2. The Morgan fingerprint density at radius 2 is 2.26 bits per heavy atom. The Bertz CT molecular complexity index is 530. The molecule has 0 spiro atoms. The van der Waals surface area contributed by atoms with E-state index in [1.54, 1.807) is 23.9 Å². The van der Waals surface area contributed by atoms with Crippen molar-refractivity contribution in [1.82, 2.24) is 4.72 Å². The highest BCUT2D eigenvalue weighted by molar-refractivity contribution is 7.99. The summed E-state index contributed by atoms with van der Waals surface area (Å²) in [4.78, 5) is 0.0590. The van der Waals surface area contributed by atoms with Gasteiger partial charge in [0.15, 0.2) is 0 Å². The molecule has 0 saturated heterocycles. The third-order valence-corrected chi connectivity index (χ3v) is 4.70. The van der Waals surface area contributed by atoms with Gasteiger partial charge < -0.3 is 10.5 Å². The van der Waals surface area contributed by atoms with E-state index in [0.29, 0.717) is 18.0 Å². The number of hydrogen-bond donors (Lipinski definition) is 2. The lowest BCUT2D eigenvalue weighted by molar-refractivity contribution is 0.402. The van der Waals surface area contributed by atoms with Crippen LogP contribution in [0, 0.1) is 0 Å². The van der Waals surface area contributed by atoms with Crippen molar-refractivity contribution >= 4 is 27.5 Å². The molecule has 0 aliphatic heterocycles. The fourth-order valence-corrected chi connectivity index (χ4v) is 3.34. The van der Waals surface area contributed by atoms with Gasteiger partial charge >= 0.3 is 0 Å². The Hall–Kier alpha value is -1.18. The largest absolute Gasteiger partial charge is 0.495 e. The maximum atomic E-state index is 12.1. The Balaban J connectivity index is 2.76. The number of rotatable bonds is 8. The third-order valence-electron chi connectivity index (χ3n) is 2.25. The number of thioether (sulfide) groups is 1. The second kappa shape index (κ2) is 7.42. The van der Waals surface area contributed by atoms with Gasteiger partial charge in [0.2, 0.25) is 10.0 Å². The van der Waals surface area contributed by atoms with Gasteiger partial charge in [-0.15, -0.1) is 6.58 Å². The molecule has 1 rings (SSSR count). The molecule has 0 aromatic heterocycles. The van der Waals surface area contributed by atoms with E-state index in [1.807, 2.05) is 0 Å². The van der Waals surface area contributed by atoms with Gasteiger partial charge in [0.1, 0.15) is 10.6 Å². The first-order chi connectivity index (χ1) is 9.01. The lowest BCUT2D eigenvalue weighted by Crippen LogP contribution is -2.26. The maximum absolute atomic E-state index is 12.1. The SMILES string of the molecule is C=CCSCCNS(=O)(=O)c1cc(N)ccc1OC. The molecule has 0 unspecified atom stereocenters. The number of sulfonamides is 1. The zero-order valence-electron chi connectivity index (χ0n) is 10.8. The lowest BCUT2D eigenvalue weighted by Gasteiger charge is -2.11. The van der Waals surface area contributed by atoms with Gasteiger partial charge in [0.25, 0.3) is 0 Å². The molecule has 5 nitrogen and oxygen atoms in total. The minimum Gasteiger partial charge on any atom is -0.495 e. The summed E-state index contributed by atoms with van der Waals surface area (Å²) in [5.74, 6) is 1.75. The Labute approximate surface area is 118 Å². The molecule has 0 bridgehead atoms. The van der Waals surface area contributed by atoms with Crippen LogP contribution in [0.1, 0.15) is 0 Å². The van der Waals surface area contributed by atoms with Crippen molar-refractivity contribution in [3.8, 4) is 5.75 Å². The zero-order valence-corrected chi connectivity index (χ0v) is 12.4. The summed E-state index contributed by atoms with van der Waals surface area (Å²) in [5, 5.41) is 0. The average molecular weight is 302 g/mol. The smallest absolute Gasteiger partial charge is 0.244 e. The molecule has 106 valence electrons. The molecule has 19 heavy (non-hydrogen) atoms. The summed E-state index contributed by atoms with van der Waals surface area (Å²) >= 11 is 1.60. The highest BCUT2D eigenvalue weighted by Gasteiger charge is 2.19. The molecule has 0 saturated carbocycles. The minimum absolute atomic E-state index is 0.0590. The van der Waals surface area contributed by atoms with Gasteiger partial charge in [-0.05, 0) is 18.2 Å². The number of ether oxygens (including phenoxy) is 1. The second-order valence-electron chi connectivity index (χ2n) is 3.67. The first-order valence-corrected chi connectivity index (χ1v) is 8.27. The number of nitrogens with one attached hydrogen (secondary N) is 1. The molecule has 0 aliphatic carbocycles. The van der Waals surface area contributed by atoms with Gasteiger partial charge in [0, 0.05) is 23.7 Å². The fourth-order valence-electron chi connectivity index (χ4n) is 1.40. The molecule has 1 aromatic rings. The van der Waals surface area contributed by atoms with Crippen molar-refractivity contribution in [3.05, 3.63) is 30.9 Å². The Morgan fingerprint density at radius 3 is 2.89 bits per heavy atom. The van der Waals surface area contributed by atoms with Crippen LogP contribution in [0.4, 0.5) is 5.69 Å². The quantitative estimate of drug-likeness (QED) is 0.432. The lowest BCUT2D eigenvalue weighted by atomic mass is 10.3. The van der Waals surface area contributed by atoms with Gasteiger partial charge in [-0.2, -0.15) is 11.8 Å². The number of benzene rings is 1. The summed E-state index contributed by atoms with van der Waals surface area (Å²) in [6, 6.07) is 4.52. The van der Waals surface area contributed by atoms with Gasteiger partial charge in [-0.3, -0.25) is 0 Å². The monoisotopic (exact) mass is 302 g/mol. The van der Waals surface area contributed by atoms with Crippen LogP contribution in [0.25, 0.3) is 0 Å². The normalized spacial score (nSPS) is 11.2. The topological polar surface area (TPSA) is 81.4 Å². The fraction of sp³-hybridized carbons (Fsp3) is 0.333. The first-order valence-electron chi connectivity index (χ1n) is 5.63. The molecule has 0 atom stereocenters. The molecule has 0 amide bonds. The van der Waals surface area contributed by atoms with Crippen LogP contribution >= 0.6 is 11.8 Å². The molecule has 3 N–H and O–H groups in total. The molecule has 0 radical (unpaired) electrons. The van der Waals surface area contributed by atoms with Crippen LogP contribution in [0.15, 0.2) is 35.7 Å². The highest BCUT2D eigenvalue weighted by Crippen LogP contribution is 2.25. The predicted octanol–water partition coefficient (Wildman–Crippen LogP) is 1.47. The second-order valence-corrected chi connectivity index (χ2v) is 6.56. The maximum Gasteiger partial charge on any atom is 0.244 e. The van der Waals surface area contributed by atoms with Crippen LogP contribution in [0.5, 0.6) is 5.75 Å². The molecule has 0 heterocycles. The summed E-state index contributed by atoms with van der Waals surface area (Å²) in [6.45, 7) is 3.94. The van der Waals surface area contributed by atoms with E-state index in [4.69, 9.17) is 10.5 Å². The van der Waals surface area contributed by atoms with Crippen molar-refractivity contribution in [2.24, 2.45) is 0 Å². The summed E-state index contributed by atoms with van der Waals surface area (Å²) in [5.41, 5.74) is 5.99. The number of anilines is 1. The molecule has 1 aromatic carbocycles. The minimum atomic E-state index is -3.61. The Morgan fingerprint density at radius 1 is 1.53 bits per heavy atom. The van der Waals surface area contributed by atoms with Crippen molar-refractivity contribution < 1.29 is 13.2 Å². The van der Waals surface area contributed by atoms with Crippen LogP contribution in [0.3, 0.4) is 0 Å². The van der Waals surface area contributed by atoms with Crippen LogP contribution < -0.4 is 15.2 Å². The van der Waals surface area contributed by atoms with Crippen molar-refractivity contribution in [2.75, 3.05) is 30.9 Å². The van der Waals surface area contributed by atoms with E-state index in [1.165, 1.54) is 19.2 Å². The molecular weight excluding hydrogens is 284 g/mol. The van der Waals surface area contributed by atoms with Crippen LogP contribution in [0.2, 0.25) is 0 Å². The van der Waals surface area contributed by atoms with Crippen molar-refractivity contribution in [2.45, 2.75) is 4.90 Å². The van der Waals surface area contributed by atoms with E-state index in [2.05, 4.69) is 11.3 Å². The summed E-state index contributed by atoms with van der Waals surface area (Å²) < 4.78 is 31.8. The van der Waals surface area contributed by atoms with E-state index in [-0.39, 0.29) is 10.6 Å². The van der Waals surface area contributed by atoms with E-state index < -0.39 is 10.0 Å². The van der Waals surface area contributed by atoms with Gasteiger partial charge in [0.05, 0.1) is 7.11 Å². The summed E-state index contributed by atoms with van der Waals surface area (Å²) in [7, 11) is -2.19. The van der Waals surface area contributed by atoms with E-state index in [0.717, 1.165) is 5.75 Å². The predicted molar refractivity (Wildman–Crippen MR) is 80.1 cm³/mol. The van der Waals surface area contributed by atoms with Crippen molar-refractivity contribution in [3.63, 3.8) is 0 Å². The van der Waals surface area contributed by atoms with Crippen LogP contribution in [-0.2, 0) is 10.0 Å². The summed E-state index contributed by atoms with van der Waals surface area (Å²) in [6.07, 6.45) is 1.78. The first kappa shape index (κ1) is 15.9. The van der Waals surface area contributed by atoms with E-state index >= 15 is 0 Å². The number of nitrogen functional groups attached to an aromatic ring is 1. The number of nitrogens with two attached hydrogens (primary N) is 1. The third kappa shape index (κ3) is 4.77. The standard InChI is InChI=1S/C12H18N2O3S2/c1-3-7-18-8-6-14-19(15,16)12-9-10(13)4-5-11(12)17-2/h3-5,9,14H,1,6-8,13H2,2H3. The molecule has 0 aliphatic rings. The number of hydrogen-bond acceptors (Lipinski definition) is 5.